The van der Waals surface area contributed by atoms with Crippen LogP contribution in [0.2, 0.25) is 5.02 Å². The first kappa shape index (κ1) is 18.6. The van der Waals surface area contributed by atoms with E-state index < -0.39 is 35.8 Å². The van der Waals surface area contributed by atoms with Crippen molar-refractivity contribution in [3.63, 3.8) is 0 Å². The molecular weight excluding hydrogens is 363 g/mol. The van der Waals surface area contributed by atoms with Crippen LogP contribution in [-0.4, -0.2) is 35.8 Å². The SMILES string of the molecule is CN=C(N)OCC(F)(F)c1cc(NC(=O)c2[nH]ncc2Cl)ccc1F. The molecule has 1 aromatic heterocycles. The van der Waals surface area contributed by atoms with E-state index in [0.717, 1.165) is 18.2 Å². The highest BCUT2D eigenvalue weighted by Crippen LogP contribution is 2.32. The van der Waals surface area contributed by atoms with Crippen molar-refractivity contribution >= 4 is 29.2 Å². The predicted molar refractivity (Wildman–Crippen MR) is 85.3 cm³/mol. The largest absolute Gasteiger partial charge is 0.459 e. The second-order valence-electron chi connectivity index (χ2n) is 4.80. The van der Waals surface area contributed by atoms with Crippen LogP contribution in [0.3, 0.4) is 0 Å². The number of hydrogen-bond donors (Lipinski definition) is 3. The van der Waals surface area contributed by atoms with Crippen LogP contribution in [0.1, 0.15) is 16.1 Å². The van der Waals surface area contributed by atoms with Crippen LogP contribution in [0.4, 0.5) is 18.9 Å². The third-order valence-corrected chi connectivity index (χ3v) is 3.35. The molecule has 0 saturated carbocycles. The van der Waals surface area contributed by atoms with Crippen LogP contribution in [-0.2, 0) is 10.7 Å². The fourth-order valence-electron chi connectivity index (χ4n) is 1.81. The first-order valence-corrected chi connectivity index (χ1v) is 7.15. The van der Waals surface area contributed by atoms with E-state index in [1.54, 1.807) is 0 Å². The summed E-state index contributed by atoms with van der Waals surface area (Å²) in [6.07, 6.45) is 1.21. The molecule has 0 radical (unpaired) electrons. The molecule has 25 heavy (non-hydrogen) atoms. The Bertz CT molecular complexity index is 810. The molecule has 0 aliphatic heterocycles. The van der Waals surface area contributed by atoms with Gasteiger partial charge in [0.15, 0.2) is 6.61 Å². The molecule has 134 valence electrons. The molecule has 0 atom stereocenters. The summed E-state index contributed by atoms with van der Waals surface area (Å²) in [6, 6.07) is 2.25. The minimum atomic E-state index is -3.70. The van der Waals surface area contributed by atoms with E-state index in [-0.39, 0.29) is 16.4 Å². The predicted octanol–water partition coefficient (Wildman–Crippen LogP) is 2.51. The Morgan fingerprint density at radius 2 is 2.24 bits per heavy atom. The molecule has 4 N–H and O–H groups in total. The topological polar surface area (TPSA) is 105 Å². The zero-order chi connectivity index (χ0) is 18.6. The van der Waals surface area contributed by atoms with Crippen molar-refractivity contribution in [2.24, 2.45) is 10.7 Å². The molecule has 0 bridgehead atoms. The van der Waals surface area contributed by atoms with Crippen LogP contribution in [0, 0.1) is 5.82 Å². The lowest BCUT2D eigenvalue weighted by atomic mass is 10.1. The lowest BCUT2D eigenvalue weighted by Crippen LogP contribution is -2.28. The number of nitrogens with two attached hydrogens (primary N) is 1. The molecule has 1 heterocycles. The quantitative estimate of drug-likeness (QED) is 0.551. The zero-order valence-electron chi connectivity index (χ0n) is 12.8. The second kappa shape index (κ2) is 7.43. The van der Waals surface area contributed by atoms with Gasteiger partial charge >= 0.3 is 5.92 Å². The Labute approximate surface area is 145 Å². The summed E-state index contributed by atoms with van der Waals surface area (Å²) in [5, 5.41) is 8.29. The molecule has 1 aromatic carbocycles. The van der Waals surface area contributed by atoms with Crippen LogP contribution in [0.5, 0.6) is 0 Å². The Hall–Kier alpha value is -2.75. The number of aromatic nitrogens is 2. The Morgan fingerprint density at radius 1 is 1.52 bits per heavy atom. The van der Waals surface area contributed by atoms with E-state index in [4.69, 9.17) is 17.3 Å². The van der Waals surface area contributed by atoms with Crippen LogP contribution in [0.15, 0.2) is 29.4 Å². The highest BCUT2D eigenvalue weighted by atomic mass is 35.5. The van der Waals surface area contributed by atoms with Crippen LogP contribution >= 0.6 is 11.6 Å². The highest BCUT2D eigenvalue weighted by Gasteiger charge is 2.36. The number of anilines is 1. The number of alkyl halides is 2. The number of amides is 1. The van der Waals surface area contributed by atoms with Gasteiger partial charge in [-0.3, -0.25) is 9.89 Å². The van der Waals surface area contributed by atoms with E-state index in [0.29, 0.717) is 0 Å². The normalized spacial score (nSPS) is 12.1. The van der Waals surface area contributed by atoms with Crippen LogP contribution < -0.4 is 11.1 Å². The molecule has 1 amide bonds. The molecule has 0 aliphatic rings. The van der Waals surface area contributed by atoms with Crippen molar-refractivity contribution in [2.45, 2.75) is 5.92 Å². The van der Waals surface area contributed by atoms with Crippen molar-refractivity contribution in [3.05, 3.63) is 46.5 Å². The maximum atomic E-state index is 14.1. The number of aromatic amines is 1. The fourth-order valence-corrected chi connectivity index (χ4v) is 1.99. The number of benzene rings is 1. The highest BCUT2D eigenvalue weighted by molar-refractivity contribution is 6.34. The van der Waals surface area contributed by atoms with E-state index in [9.17, 15) is 18.0 Å². The van der Waals surface area contributed by atoms with Crippen LogP contribution in [0.25, 0.3) is 0 Å². The molecule has 0 fully saturated rings. The van der Waals surface area contributed by atoms with Crippen molar-refractivity contribution in [2.75, 3.05) is 19.0 Å². The number of carbonyl (C=O) groups is 1. The van der Waals surface area contributed by atoms with Gasteiger partial charge in [-0.2, -0.15) is 13.9 Å². The smallest absolute Gasteiger partial charge is 0.309 e. The summed E-state index contributed by atoms with van der Waals surface area (Å²) in [5.41, 5.74) is 4.09. The Balaban J connectivity index is 2.22. The summed E-state index contributed by atoms with van der Waals surface area (Å²) in [5.74, 6) is -5.59. The van der Waals surface area contributed by atoms with Gasteiger partial charge in [-0.15, -0.1) is 0 Å². The van der Waals surface area contributed by atoms with E-state index in [1.807, 2.05) is 0 Å². The maximum Gasteiger partial charge on any atom is 0.309 e. The first-order chi connectivity index (χ1) is 11.7. The van der Waals surface area contributed by atoms with E-state index in [1.165, 1.54) is 13.2 Å². The third kappa shape index (κ3) is 4.41. The molecule has 0 spiro atoms. The summed E-state index contributed by atoms with van der Waals surface area (Å²) in [7, 11) is 1.25. The van der Waals surface area contributed by atoms with Crippen molar-refractivity contribution in [1.82, 2.24) is 10.2 Å². The van der Waals surface area contributed by atoms with Gasteiger partial charge in [0.2, 0.25) is 0 Å². The molecule has 2 rings (SSSR count). The lowest BCUT2D eigenvalue weighted by molar-refractivity contribution is -0.0538. The maximum absolute atomic E-state index is 14.1. The van der Waals surface area contributed by atoms with E-state index >= 15 is 0 Å². The number of amidine groups is 1. The van der Waals surface area contributed by atoms with Crippen molar-refractivity contribution in [3.8, 4) is 0 Å². The van der Waals surface area contributed by atoms with Gasteiger partial charge in [0.25, 0.3) is 11.9 Å². The lowest BCUT2D eigenvalue weighted by Gasteiger charge is -2.18. The molecular formula is C14H13ClF3N5O2. The number of aliphatic imine (C=N–C) groups is 1. The number of halogens is 4. The average molecular weight is 376 g/mol. The van der Waals surface area contributed by atoms with Gasteiger partial charge in [-0.05, 0) is 18.2 Å². The standard InChI is InChI=1S/C14H13ClF3N5O2/c1-20-13(19)25-6-14(17,18)8-4-7(2-3-10(8)16)22-12(24)11-9(15)5-21-23-11/h2-5H,6H2,1H3,(H2,19,20)(H,21,23)(H,22,24). The monoisotopic (exact) mass is 375 g/mol. The van der Waals surface area contributed by atoms with E-state index in [2.05, 4.69) is 25.2 Å². The Kier molecular flexibility index (Phi) is 5.52. The number of hydrogen-bond acceptors (Lipinski definition) is 4. The van der Waals surface area contributed by atoms with Crippen molar-refractivity contribution < 1.29 is 22.7 Å². The van der Waals surface area contributed by atoms with Gasteiger partial charge < -0.3 is 15.8 Å². The number of rotatable bonds is 5. The average Bonchev–Trinajstić information content (AvgIpc) is 3.00. The number of carbonyl (C=O) groups excluding carboxylic acids is 1. The van der Waals surface area contributed by atoms with Crippen molar-refractivity contribution in [1.29, 1.82) is 0 Å². The number of ether oxygens (including phenoxy) is 1. The summed E-state index contributed by atoms with van der Waals surface area (Å²) in [6.45, 7) is -1.21. The molecule has 11 heteroatoms. The van der Waals surface area contributed by atoms with Gasteiger partial charge in [0.1, 0.15) is 11.5 Å². The minimum absolute atomic E-state index is 0.0490. The van der Waals surface area contributed by atoms with Gasteiger partial charge in [0, 0.05) is 12.7 Å². The van der Waals surface area contributed by atoms with Gasteiger partial charge in [0.05, 0.1) is 16.8 Å². The molecule has 0 aliphatic carbocycles. The molecule has 0 saturated heterocycles. The third-order valence-electron chi connectivity index (χ3n) is 3.06. The number of H-pyrrole nitrogens is 1. The van der Waals surface area contributed by atoms with Gasteiger partial charge in [-0.25, -0.2) is 9.38 Å². The fraction of sp³-hybridized carbons (Fsp3) is 0.214. The van der Waals surface area contributed by atoms with Gasteiger partial charge in [-0.1, -0.05) is 11.6 Å². The minimum Gasteiger partial charge on any atom is -0.459 e. The summed E-state index contributed by atoms with van der Waals surface area (Å²) < 4.78 is 46.6. The zero-order valence-corrected chi connectivity index (χ0v) is 13.6. The summed E-state index contributed by atoms with van der Waals surface area (Å²) >= 11 is 5.74. The number of nitrogens with one attached hydrogen (secondary N) is 2. The second-order valence-corrected chi connectivity index (χ2v) is 5.20. The summed E-state index contributed by atoms with van der Waals surface area (Å²) in [4.78, 5) is 15.4. The number of nitrogens with zero attached hydrogens (tertiary/aromatic N) is 2. The molecule has 2 aromatic rings. The first-order valence-electron chi connectivity index (χ1n) is 6.77. The molecule has 7 nitrogen and oxygen atoms in total. The molecule has 0 unspecified atom stereocenters. The Morgan fingerprint density at radius 3 is 2.84 bits per heavy atom.